The van der Waals surface area contributed by atoms with E-state index in [1.165, 1.54) is 4.90 Å². The smallest absolute Gasteiger partial charge is 0.235 e. The van der Waals surface area contributed by atoms with Gasteiger partial charge in [0.2, 0.25) is 5.91 Å². The normalized spacial score (nSPS) is 32.6. The number of carboxylic acids is 1. The number of rotatable bonds is 4. The van der Waals surface area contributed by atoms with E-state index in [-0.39, 0.29) is 23.6 Å². The number of aromatic nitrogens is 2. The Bertz CT molecular complexity index is 730. The molecule has 0 bridgehead atoms. The maximum atomic E-state index is 12.3. The summed E-state index contributed by atoms with van der Waals surface area (Å²) in [6, 6.07) is 1.73. The van der Waals surface area contributed by atoms with Crippen LogP contribution in [0.3, 0.4) is 0 Å². The van der Waals surface area contributed by atoms with Crippen LogP contribution in [0, 0.1) is 17.8 Å². The van der Waals surface area contributed by atoms with E-state index in [1.807, 2.05) is 25.4 Å². The molecule has 0 aliphatic carbocycles. The van der Waals surface area contributed by atoms with Crippen LogP contribution in [-0.2, 0) is 22.7 Å². The molecule has 1 N–H and O–H groups in total. The summed E-state index contributed by atoms with van der Waals surface area (Å²) in [5, 5.41) is 21.5. The molecule has 3 aliphatic heterocycles. The second kappa shape index (κ2) is 5.17. The molecule has 3 aliphatic rings. The third kappa shape index (κ3) is 1.97. The van der Waals surface area contributed by atoms with Crippen molar-refractivity contribution < 1.29 is 24.5 Å². The van der Waals surface area contributed by atoms with Crippen LogP contribution < -0.4 is 9.79 Å². The van der Waals surface area contributed by atoms with Gasteiger partial charge in [0.1, 0.15) is 0 Å². The third-order valence-corrected chi connectivity index (χ3v) is 5.75. The summed E-state index contributed by atoms with van der Waals surface area (Å²) in [6.45, 7) is 5.21. The van der Waals surface area contributed by atoms with Gasteiger partial charge >= 0.3 is 0 Å². The predicted octanol–water partition coefficient (Wildman–Crippen LogP) is -1.34. The third-order valence-electron chi connectivity index (χ3n) is 5.75. The molecule has 1 amide bonds. The van der Waals surface area contributed by atoms with Crippen molar-refractivity contribution in [3.8, 4) is 0 Å². The summed E-state index contributed by atoms with van der Waals surface area (Å²) in [4.78, 5) is 25.3. The van der Waals surface area contributed by atoms with Gasteiger partial charge in [-0.25, -0.2) is 0 Å². The molecule has 0 spiro atoms. The summed E-state index contributed by atoms with van der Waals surface area (Å²) in [6.07, 6.45) is 3.87. The molecule has 1 fully saturated rings. The Morgan fingerprint density at radius 2 is 2.29 bits per heavy atom. The van der Waals surface area contributed by atoms with Crippen LogP contribution in [0.4, 0.5) is 0 Å². The molecule has 7 nitrogen and oxygen atoms in total. The Morgan fingerprint density at radius 1 is 1.54 bits per heavy atom. The fraction of sp³-hybridized carbons (Fsp3) is 0.588. The van der Waals surface area contributed by atoms with Crippen LogP contribution in [-0.4, -0.2) is 38.7 Å². The van der Waals surface area contributed by atoms with Crippen molar-refractivity contribution >= 4 is 11.9 Å². The zero-order valence-corrected chi connectivity index (χ0v) is 13.8. The summed E-state index contributed by atoms with van der Waals surface area (Å²) < 4.78 is 4.23. The number of carbonyl (C=O) groups is 2. The van der Waals surface area contributed by atoms with Gasteiger partial charge in [0.05, 0.1) is 42.5 Å². The lowest BCUT2D eigenvalue weighted by atomic mass is 9.76. The van der Waals surface area contributed by atoms with Crippen molar-refractivity contribution in [2.24, 2.45) is 17.8 Å². The number of hydrogen-bond acceptors (Lipinski definition) is 4. The first-order chi connectivity index (χ1) is 11.4. The maximum Gasteiger partial charge on any atom is 0.235 e. The minimum absolute atomic E-state index is 0.0379. The standard InChI is InChI=1S/C17H21N3O4/c1-9-12(6-11-7-18-4-3-5-19(18)8-11)15(17(23)24)20-14(9)13(10(2)21)16(20)22/h3-5,9-11,13-14,21H,6-8H2,1-2H3/t9-,10+,13+,14+/m0/s1. The fourth-order valence-electron chi connectivity index (χ4n) is 4.67. The van der Waals surface area contributed by atoms with E-state index >= 15 is 0 Å². The van der Waals surface area contributed by atoms with E-state index in [0.717, 1.165) is 18.7 Å². The molecular formula is C17H21N3O4. The molecule has 1 saturated heterocycles. The molecule has 0 saturated carbocycles. The van der Waals surface area contributed by atoms with Crippen molar-refractivity contribution in [1.29, 1.82) is 0 Å². The van der Waals surface area contributed by atoms with E-state index in [9.17, 15) is 19.8 Å². The Balaban J connectivity index is 1.61. The van der Waals surface area contributed by atoms with Gasteiger partial charge in [0, 0.05) is 17.9 Å². The van der Waals surface area contributed by atoms with Crippen LogP contribution in [0.1, 0.15) is 20.3 Å². The zero-order chi connectivity index (χ0) is 17.2. The topological polar surface area (TPSA) is 89.5 Å². The highest BCUT2D eigenvalue weighted by Gasteiger charge is 2.58. The van der Waals surface area contributed by atoms with Gasteiger partial charge in [0.25, 0.3) is 0 Å². The van der Waals surface area contributed by atoms with Crippen molar-refractivity contribution in [3.05, 3.63) is 29.7 Å². The number of aliphatic hydroxyl groups is 1. The molecule has 4 heterocycles. The van der Waals surface area contributed by atoms with Gasteiger partial charge in [-0.05, 0) is 18.9 Å². The van der Waals surface area contributed by atoms with E-state index in [2.05, 4.69) is 9.36 Å². The molecule has 4 rings (SSSR count). The largest absolute Gasteiger partial charge is 0.543 e. The number of carbonyl (C=O) groups excluding carboxylic acids is 2. The van der Waals surface area contributed by atoms with Gasteiger partial charge in [-0.15, -0.1) is 4.68 Å². The average Bonchev–Trinajstić information content (AvgIpc) is 3.12. The number of nitrogens with zero attached hydrogens (tertiary/aromatic N) is 3. The summed E-state index contributed by atoms with van der Waals surface area (Å²) in [5.74, 6) is -1.87. The van der Waals surface area contributed by atoms with Crippen LogP contribution in [0.2, 0.25) is 0 Å². The number of hydrogen-bond donors (Lipinski definition) is 1. The quantitative estimate of drug-likeness (QED) is 0.546. The summed E-state index contributed by atoms with van der Waals surface area (Å²) in [5.41, 5.74) is 0.823. The van der Waals surface area contributed by atoms with Crippen LogP contribution in [0.5, 0.6) is 0 Å². The van der Waals surface area contributed by atoms with Crippen LogP contribution in [0.15, 0.2) is 29.7 Å². The first-order valence-electron chi connectivity index (χ1n) is 8.40. The average molecular weight is 331 g/mol. The van der Waals surface area contributed by atoms with Crippen LogP contribution in [0.25, 0.3) is 0 Å². The lowest BCUT2D eigenvalue weighted by Crippen LogP contribution is -2.64. The Labute approximate surface area is 139 Å². The molecule has 0 unspecified atom stereocenters. The molecule has 1 aromatic heterocycles. The second-order valence-corrected chi connectivity index (χ2v) is 7.22. The molecule has 0 radical (unpaired) electrons. The van der Waals surface area contributed by atoms with Gasteiger partial charge in [0.15, 0.2) is 12.7 Å². The zero-order valence-electron chi connectivity index (χ0n) is 13.8. The monoisotopic (exact) mass is 331 g/mol. The summed E-state index contributed by atoms with van der Waals surface area (Å²) in [7, 11) is 0. The predicted molar refractivity (Wildman–Crippen MR) is 79.7 cm³/mol. The summed E-state index contributed by atoms with van der Waals surface area (Å²) >= 11 is 0. The molecule has 7 heteroatoms. The van der Waals surface area contributed by atoms with E-state index in [1.54, 1.807) is 6.92 Å². The number of amides is 1. The molecule has 0 aromatic carbocycles. The van der Waals surface area contributed by atoms with Crippen molar-refractivity contribution in [2.75, 3.05) is 0 Å². The highest BCUT2D eigenvalue weighted by atomic mass is 16.4. The number of aliphatic hydroxyl groups excluding tert-OH is 1. The fourth-order valence-corrected chi connectivity index (χ4v) is 4.67. The van der Waals surface area contributed by atoms with Gasteiger partial charge in [-0.2, -0.15) is 4.68 Å². The maximum absolute atomic E-state index is 12.3. The van der Waals surface area contributed by atoms with Gasteiger partial charge in [-0.3, -0.25) is 4.79 Å². The Kier molecular flexibility index (Phi) is 3.32. The lowest BCUT2D eigenvalue weighted by molar-refractivity contribution is -0.760. The van der Waals surface area contributed by atoms with Gasteiger partial charge < -0.3 is 19.9 Å². The molecule has 128 valence electrons. The number of aliphatic carboxylic acids is 1. The number of fused-ring (bicyclic) bond motifs is 2. The first-order valence-corrected chi connectivity index (χ1v) is 8.40. The lowest BCUT2D eigenvalue weighted by Gasteiger charge is -2.47. The molecule has 24 heavy (non-hydrogen) atoms. The van der Waals surface area contributed by atoms with E-state index in [0.29, 0.717) is 12.3 Å². The molecule has 4 atom stereocenters. The van der Waals surface area contributed by atoms with E-state index in [4.69, 9.17) is 0 Å². The minimum Gasteiger partial charge on any atom is -0.543 e. The second-order valence-electron chi connectivity index (χ2n) is 7.22. The van der Waals surface area contributed by atoms with E-state index < -0.39 is 18.0 Å². The number of β-lactam (4-membered cyclic amide) rings is 1. The first kappa shape index (κ1) is 15.4. The molecule has 1 aromatic rings. The van der Waals surface area contributed by atoms with Gasteiger partial charge in [-0.1, -0.05) is 6.92 Å². The minimum atomic E-state index is -1.29. The highest BCUT2D eigenvalue weighted by Crippen LogP contribution is 2.48. The highest BCUT2D eigenvalue weighted by molar-refractivity contribution is 5.99. The number of carboxylic acid groups (broad SMARTS) is 1. The Hall–Kier alpha value is -2.15. The SMILES string of the molecule is C[C@@H](O)[C@H]1C(=O)N2C(C(=O)[O-])=C(CC3Cn4ccc[n+]4C3)[C@H](C)[C@H]12. The van der Waals surface area contributed by atoms with Crippen molar-refractivity contribution in [2.45, 2.75) is 45.5 Å². The Morgan fingerprint density at radius 3 is 2.92 bits per heavy atom. The molecular weight excluding hydrogens is 310 g/mol. The van der Waals surface area contributed by atoms with Crippen molar-refractivity contribution in [3.63, 3.8) is 0 Å². The van der Waals surface area contributed by atoms with Crippen molar-refractivity contribution in [1.82, 2.24) is 9.58 Å². The van der Waals surface area contributed by atoms with Crippen LogP contribution >= 0.6 is 0 Å².